The van der Waals surface area contributed by atoms with Crippen molar-refractivity contribution in [1.29, 1.82) is 0 Å². The number of benzene rings is 3. The van der Waals surface area contributed by atoms with Gasteiger partial charge in [0.15, 0.2) is 5.69 Å². The molecule has 0 aliphatic carbocycles. The standard InChI is InChI=1S/C26H18N4O/c1-27-24-15-7-12-21(28-24)18-9-5-8-17(16-18)19-11-6-13-22-25(19)29-26(30(22)2)20-10-3-4-14-23(20)31/h3-16,31H,2H3. The number of aryl methyl sites for hydroxylation is 1. The molecule has 0 atom stereocenters. The van der Waals surface area contributed by atoms with E-state index in [1.54, 1.807) is 18.2 Å². The van der Waals surface area contributed by atoms with E-state index in [1.165, 1.54) is 0 Å². The van der Waals surface area contributed by atoms with Gasteiger partial charge in [-0.1, -0.05) is 55.1 Å². The zero-order chi connectivity index (χ0) is 21.4. The first kappa shape index (κ1) is 18.6. The SMILES string of the molecule is [C-]#[N+]c1cccc(-c2cccc(-c3cccc4c3nc(-c3ccccc3O)n4C)c2)n1. The van der Waals surface area contributed by atoms with Gasteiger partial charge in [0, 0.05) is 18.2 Å². The maximum Gasteiger partial charge on any atom is 0.270 e. The second kappa shape index (κ2) is 7.43. The first-order chi connectivity index (χ1) is 15.2. The number of imidazole rings is 1. The molecular formula is C26H18N4O. The molecule has 0 radical (unpaired) electrons. The van der Waals surface area contributed by atoms with Gasteiger partial charge in [0.1, 0.15) is 11.6 Å². The summed E-state index contributed by atoms with van der Waals surface area (Å²) < 4.78 is 2.00. The summed E-state index contributed by atoms with van der Waals surface area (Å²) in [5.41, 5.74) is 6.26. The highest BCUT2D eigenvalue weighted by molar-refractivity contribution is 5.95. The molecule has 0 amide bonds. The molecule has 0 aliphatic rings. The van der Waals surface area contributed by atoms with Crippen LogP contribution in [-0.2, 0) is 7.05 Å². The van der Waals surface area contributed by atoms with Crippen LogP contribution in [0.4, 0.5) is 5.82 Å². The number of hydrogen-bond acceptors (Lipinski definition) is 3. The van der Waals surface area contributed by atoms with Crippen molar-refractivity contribution in [3.63, 3.8) is 0 Å². The number of phenolic OH excluding ortho intramolecular Hbond substituents is 1. The number of rotatable bonds is 3. The van der Waals surface area contributed by atoms with Gasteiger partial charge in [-0.15, -0.1) is 4.98 Å². The highest BCUT2D eigenvalue weighted by Crippen LogP contribution is 2.35. The Morgan fingerprint density at radius 1 is 0.806 bits per heavy atom. The normalized spacial score (nSPS) is 10.8. The van der Waals surface area contributed by atoms with Crippen LogP contribution in [0.5, 0.6) is 5.75 Å². The molecule has 0 saturated carbocycles. The van der Waals surface area contributed by atoms with E-state index in [0.29, 0.717) is 17.2 Å². The predicted molar refractivity (Wildman–Crippen MR) is 123 cm³/mol. The number of fused-ring (bicyclic) bond motifs is 1. The van der Waals surface area contributed by atoms with Crippen LogP contribution >= 0.6 is 0 Å². The molecule has 5 heteroatoms. The topological polar surface area (TPSA) is 55.3 Å². The number of pyridine rings is 1. The van der Waals surface area contributed by atoms with Crippen molar-refractivity contribution < 1.29 is 5.11 Å². The predicted octanol–water partition coefficient (Wildman–Crippen LogP) is 6.23. The fourth-order valence-corrected chi connectivity index (χ4v) is 3.84. The number of aromatic hydroxyl groups is 1. The molecule has 0 fully saturated rings. The Bertz CT molecular complexity index is 1480. The summed E-state index contributed by atoms with van der Waals surface area (Å²) in [7, 11) is 1.96. The van der Waals surface area contributed by atoms with Crippen LogP contribution in [0.15, 0.2) is 84.9 Å². The summed E-state index contributed by atoms with van der Waals surface area (Å²) in [4.78, 5) is 12.8. The number of phenols is 1. The number of aromatic nitrogens is 3. The Morgan fingerprint density at radius 2 is 1.55 bits per heavy atom. The van der Waals surface area contributed by atoms with Gasteiger partial charge >= 0.3 is 0 Å². The van der Waals surface area contributed by atoms with Gasteiger partial charge in [0.05, 0.1) is 16.6 Å². The second-order valence-electron chi connectivity index (χ2n) is 7.26. The molecule has 1 N–H and O–H groups in total. The molecular weight excluding hydrogens is 384 g/mol. The maximum absolute atomic E-state index is 10.3. The Kier molecular flexibility index (Phi) is 4.46. The molecule has 0 saturated heterocycles. The number of nitrogens with zero attached hydrogens (tertiary/aromatic N) is 4. The smallest absolute Gasteiger partial charge is 0.270 e. The Morgan fingerprint density at radius 3 is 2.39 bits per heavy atom. The zero-order valence-electron chi connectivity index (χ0n) is 16.8. The van der Waals surface area contributed by atoms with E-state index in [9.17, 15) is 5.11 Å². The van der Waals surface area contributed by atoms with Gasteiger partial charge in [-0.2, -0.15) is 0 Å². The molecule has 3 aromatic carbocycles. The molecule has 0 unspecified atom stereocenters. The lowest BCUT2D eigenvalue weighted by Crippen LogP contribution is -1.92. The molecule has 5 aromatic rings. The maximum atomic E-state index is 10.3. The Labute approximate surface area is 179 Å². The monoisotopic (exact) mass is 402 g/mol. The van der Waals surface area contributed by atoms with Gasteiger partial charge in [0.25, 0.3) is 5.82 Å². The lowest BCUT2D eigenvalue weighted by atomic mass is 10.0. The van der Waals surface area contributed by atoms with Crippen molar-refractivity contribution in [1.82, 2.24) is 14.5 Å². The molecule has 31 heavy (non-hydrogen) atoms. The Balaban J connectivity index is 1.67. The van der Waals surface area contributed by atoms with Gasteiger partial charge in [0.2, 0.25) is 0 Å². The van der Waals surface area contributed by atoms with Crippen LogP contribution in [0, 0.1) is 6.57 Å². The van der Waals surface area contributed by atoms with Crippen molar-refractivity contribution in [3.8, 4) is 39.5 Å². The highest BCUT2D eigenvalue weighted by atomic mass is 16.3. The van der Waals surface area contributed by atoms with E-state index in [1.807, 2.05) is 72.3 Å². The van der Waals surface area contributed by atoms with Crippen LogP contribution in [0.1, 0.15) is 0 Å². The molecule has 2 heterocycles. The van der Waals surface area contributed by atoms with E-state index >= 15 is 0 Å². The first-order valence-electron chi connectivity index (χ1n) is 9.85. The van der Waals surface area contributed by atoms with Crippen molar-refractivity contribution in [3.05, 3.63) is 96.3 Å². The molecule has 5 rings (SSSR count). The van der Waals surface area contributed by atoms with Crippen LogP contribution in [0.25, 0.3) is 49.7 Å². The van der Waals surface area contributed by atoms with Gasteiger partial charge in [-0.05, 0) is 42.0 Å². The third-order valence-electron chi connectivity index (χ3n) is 5.37. The number of para-hydroxylation sites is 2. The quantitative estimate of drug-likeness (QED) is 0.364. The second-order valence-corrected chi connectivity index (χ2v) is 7.26. The van der Waals surface area contributed by atoms with E-state index in [-0.39, 0.29) is 5.75 Å². The molecule has 148 valence electrons. The average Bonchev–Trinajstić information content (AvgIpc) is 3.16. The molecule has 5 nitrogen and oxygen atoms in total. The highest BCUT2D eigenvalue weighted by Gasteiger charge is 2.16. The van der Waals surface area contributed by atoms with Crippen LogP contribution in [0.3, 0.4) is 0 Å². The van der Waals surface area contributed by atoms with Crippen molar-refractivity contribution in [2.75, 3.05) is 0 Å². The first-order valence-corrected chi connectivity index (χ1v) is 9.85. The van der Waals surface area contributed by atoms with E-state index in [0.717, 1.165) is 33.4 Å². The van der Waals surface area contributed by atoms with Gasteiger partial charge < -0.3 is 14.5 Å². The number of hydrogen-bond donors (Lipinski definition) is 1. The van der Waals surface area contributed by atoms with Crippen LogP contribution in [-0.4, -0.2) is 19.6 Å². The summed E-state index contributed by atoms with van der Waals surface area (Å²) >= 11 is 0. The minimum absolute atomic E-state index is 0.204. The average molecular weight is 402 g/mol. The minimum atomic E-state index is 0.204. The van der Waals surface area contributed by atoms with E-state index < -0.39 is 0 Å². The summed E-state index contributed by atoms with van der Waals surface area (Å²) in [5, 5.41) is 10.3. The molecule has 0 bridgehead atoms. The van der Waals surface area contributed by atoms with Gasteiger partial charge in [-0.25, -0.2) is 4.98 Å². The summed E-state index contributed by atoms with van der Waals surface area (Å²) in [5.74, 6) is 1.29. The minimum Gasteiger partial charge on any atom is -0.507 e. The molecule has 2 aromatic heterocycles. The fourth-order valence-electron chi connectivity index (χ4n) is 3.84. The van der Waals surface area contributed by atoms with Crippen molar-refractivity contribution in [2.45, 2.75) is 0 Å². The van der Waals surface area contributed by atoms with Crippen molar-refractivity contribution >= 4 is 16.9 Å². The van der Waals surface area contributed by atoms with Crippen LogP contribution in [0.2, 0.25) is 0 Å². The third-order valence-corrected chi connectivity index (χ3v) is 5.37. The summed E-state index contributed by atoms with van der Waals surface area (Å²) in [6.45, 7) is 7.21. The van der Waals surface area contributed by atoms with Gasteiger partial charge in [-0.3, -0.25) is 0 Å². The molecule has 0 aliphatic heterocycles. The molecule has 0 spiro atoms. The van der Waals surface area contributed by atoms with Crippen molar-refractivity contribution in [2.24, 2.45) is 7.05 Å². The lowest BCUT2D eigenvalue weighted by molar-refractivity contribution is 0.476. The lowest BCUT2D eigenvalue weighted by Gasteiger charge is -2.06. The summed E-state index contributed by atoms with van der Waals surface area (Å²) in [6.07, 6.45) is 0. The third kappa shape index (κ3) is 3.21. The van der Waals surface area contributed by atoms with Crippen LogP contribution < -0.4 is 0 Å². The Hall–Kier alpha value is -4.43. The zero-order valence-corrected chi connectivity index (χ0v) is 16.8. The van der Waals surface area contributed by atoms with E-state index in [2.05, 4.69) is 15.9 Å². The fraction of sp³-hybridized carbons (Fsp3) is 0.0385. The largest absolute Gasteiger partial charge is 0.507 e. The summed E-state index contributed by atoms with van der Waals surface area (Å²) in [6, 6.07) is 26.9. The van der Waals surface area contributed by atoms with E-state index in [4.69, 9.17) is 11.6 Å².